The molecule has 0 bridgehead atoms. The minimum atomic E-state index is 0.167. The van der Waals surface area contributed by atoms with Gasteiger partial charge in [-0.25, -0.2) is 0 Å². The fourth-order valence-electron chi connectivity index (χ4n) is 4.96. The fourth-order valence-corrected chi connectivity index (χ4v) is 4.96. The zero-order chi connectivity index (χ0) is 21.5. The SMILES string of the molecule is O=C(CCOc1ccccc1)N1CCC(N2CCC(C(=O)N3CCOCC3)CC2)CC1. The van der Waals surface area contributed by atoms with Crippen LogP contribution in [0.4, 0.5) is 0 Å². The Morgan fingerprint density at radius 3 is 2.23 bits per heavy atom. The second kappa shape index (κ2) is 11.0. The molecule has 0 aromatic heterocycles. The number of morpholine rings is 1. The Hall–Kier alpha value is -2.12. The van der Waals surface area contributed by atoms with Crippen LogP contribution in [0.5, 0.6) is 5.75 Å². The summed E-state index contributed by atoms with van der Waals surface area (Å²) < 4.78 is 11.0. The fraction of sp³-hybridized carbons (Fsp3) is 0.667. The van der Waals surface area contributed by atoms with E-state index < -0.39 is 0 Å². The first-order valence-electron chi connectivity index (χ1n) is 11.8. The summed E-state index contributed by atoms with van der Waals surface area (Å²) in [4.78, 5) is 31.8. The summed E-state index contributed by atoms with van der Waals surface area (Å²) in [5, 5.41) is 0. The van der Waals surface area contributed by atoms with Crippen LogP contribution in [0.3, 0.4) is 0 Å². The maximum Gasteiger partial charge on any atom is 0.225 e. The van der Waals surface area contributed by atoms with E-state index in [1.165, 1.54) is 0 Å². The van der Waals surface area contributed by atoms with Crippen molar-refractivity contribution in [3.8, 4) is 5.75 Å². The summed E-state index contributed by atoms with van der Waals surface area (Å²) in [6, 6.07) is 10.2. The molecule has 31 heavy (non-hydrogen) atoms. The summed E-state index contributed by atoms with van der Waals surface area (Å²) in [6.07, 6.45) is 4.37. The first-order chi connectivity index (χ1) is 15.2. The van der Waals surface area contributed by atoms with E-state index in [0.29, 0.717) is 38.2 Å². The number of para-hydroxylation sites is 1. The van der Waals surface area contributed by atoms with Crippen molar-refractivity contribution in [3.05, 3.63) is 30.3 Å². The van der Waals surface area contributed by atoms with Crippen LogP contribution in [0.15, 0.2) is 30.3 Å². The third kappa shape index (κ3) is 5.98. The number of carbonyl (C=O) groups is 2. The normalized spacial score (nSPS) is 21.8. The second-order valence-electron chi connectivity index (χ2n) is 8.77. The first-order valence-corrected chi connectivity index (χ1v) is 11.8. The van der Waals surface area contributed by atoms with Crippen molar-refractivity contribution in [2.45, 2.75) is 38.1 Å². The number of hydrogen-bond acceptors (Lipinski definition) is 5. The molecule has 0 atom stereocenters. The molecule has 0 saturated carbocycles. The van der Waals surface area contributed by atoms with Crippen molar-refractivity contribution < 1.29 is 19.1 Å². The van der Waals surface area contributed by atoms with E-state index in [1.54, 1.807) is 0 Å². The van der Waals surface area contributed by atoms with Crippen molar-refractivity contribution in [3.63, 3.8) is 0 Å². The minimum absolute atomic E-state index is 0.167. The molecule has 170 valence electrons. The number of rotatable bonds is 6. The highest BCUT2D eigenvalue weighted by molar-refractivity contribution is 5.79. The predicted molar refractivity (Wildman–Crippen MR) is 118 cm³/mol. The Morgan fingerprint density at radius 2 is 1.55 bits per heavy atom. The summed E-state index contributed by atoms with van der Waals surface area (Å²) >= 11 is 0. The molecular weight excluding hydrogens is 394 g/mol. The number of hydrogen-bond donors (Lipinski definition) is 0. The molecule has 7 nitrogen and oxygen atoms in total. The Bertz CT molecular complexity index is 707. The molecule has 3 fully saturated rings. The van der Waals surface area contributed by atoms with Crippen LogP contribution in [-0.4, -0.2) is 91.6 Å². The van der Waals surface area contributed by atoms with Gasteiger partial charge in [-0.05, 0) is 50.9 Å². The summed E-state index contributed by atoms with van der Waals surface area (Å²) in [7, 11) is 0. The highest BCUT2D eigenvalue weighted by Crippen LogP contribution is 2.25. The van der Waals surface area contributed by atoms with E-state index in [2.05, 4.69) is 4.90 Å². The largest absolute Gasteiger partial charge is 0.493 e. The highest BCUT2D eigenvalue weighted by Gasteiger charge is 2.33. The van der Waals surface area contributed by atoms with Crippen LogP contribution in [-0.2, 0) is 14.3 Å². The highest BCUT2D eigenvalue weighted by atomic mass is 16.5. The third-order valence-electron chi connectivity index (χ3n) is 6.86. The molecule has 1 aromatic rings. The Balaban J connectivity index is 1.14. The van der Waals surface area contributed by atoms with Gasteiger partial charge in [0.05, 0.1) is 26.2 Å². The Kier molecular flexibility index (Phi) is 7.81. The zero-order valence-electron chi connectivity index (χ0n) is 18.4. The third-order valence-corrected chi connectivity index (χ3v) is 6.86. The lowest BCUT2D eigenvalue weighted by atomic mass is 9.92. The van der Waals surface area contributed by atoms with Gasteiger partial charge in [-0.1, -0.05) is 18.2 Å². The molecule has 3 saturated heterocycles. The van der Waals surface area contributed by atoms with Crippen molar-refractivity contribution >= 4 is 11.8 Å². The summed E-state index contributed by atoms with van der Waals surface area (Å²) in [6.45, 7) is 6.86. The minimum Gasteiger partial charge on any atom is -0.493 e. The molecular formula is C24H35N3O4. The molecule has 1 aromatic carbocycles. The van der Waals surface area contributed by atoms with Crippen LogP contribution < -0.4 is 4.74 Å². The molecule has 3 aliphatic rings. The van der Waals surface area contributed by atoms with Gasteiger partial charge in [-0.2, -0.15) is 0 Å². The number of carbonyl (C=O) groups excluding carboxylic acids is 2. The molecule has 0 N–H and O–H groups in total. The number of amides is 2. The molecule has 3 aliphatic heterocycles. The van der Waals surface area contributed by atoms with Gasteiger partial charge >= 0.3 is 0 Å². The van der Waals surface area contributed by atoms with Crippen LogP contribution in [0.1, 0.15) is 32.1 Å². The van der Waals surface area contributed by atoms with Gasteiger partial charge in [-0.15, -0.1) is 0 Å². The molecule has 0 spiro atoms. The lowest BCUT2D eigenvalue weighted by Gasteiger charge is -2.42. The molecule has 7 heteroatoms. The van der Waals surface area contributed by atoms with Gasteiger partial charge in [-0.3, -0.25) is 9.59 Å². The van der Waals surface area contributed by atoms with Crippen LogP contribution in [0.25, 0.3) is 0 Å². The van der Waals surface area contributed by atoms with Crippen LogP contribution in [0, 0.1) is 5.92 Å². The zero-order valence-corrected chi connectivity index (χ0v) is 18.4. The first kappa shape index (κ1) is 22.1. The Labute approximate surface area is 185 Å². The van der Waals surface area contributed by atoms with Gasteiger partial charge < -0.3 is 24.2 Å². The molecule has 0 unspecified atom stereocenters. The van der Waals surface area contributed by atoms with Gasteiger partial charge in [0.1, 0.15) is 5.75 Å². The van der Waals surface area contributed by atoms with Crippen molar-refractivity contribution in [2.75, 3.05) is 59.1 Å². The second-order valence-corrected chi connectivity index (χ2v) is 8.77. The van der Waals surface area contributed by atoms with Crippen LogP contribution in [0.2, 0.25) is 0 Å². The topological polar surface area (TPSA) is 62.3 Å². The standard InChI is InChI=1S/C24H35N3O4/c28-23(10-17-31-22-4-2-1-3-5-22)26-13-8-21(9-14-26)25-11-6-20(7-12-25)24(29)27-15-18-30-19-16-27/h1-5,20-21H,6-19H2. The number of likely N-dealkylation sites (tertiary alicyclic amines) is 2. The van der Waals surface area contributed by atoms with E-state index in [-0.39, 0.29) is 11.8 Å². The van der Waals surface area contributed by atoms with Crippen molar-refractivity contribution in [1.82, 2.24) is 14.7 Å². The smallest absolute Gasteiger partial charge is 0.225 e. The van der Waals surface area contributed by atoms with Crippen molar-refractivity contribution in [1.29, 1.82) is 0 Å². The quantitative estimate of drug-likeness (QED) is 0.692. The van der Waals surface area contributed by atoms with E-state index in [1.807, 2.05) is 40.1 Å². The number of piperidine rings is 2. The van der Waals surface area contributed by atoms with Gasteiger partial charge in [0.2, 0.25) is 11.8 Å². The maximum atomic E-state index is 12.7. The lowest BCUT2D eigenvalue weighted by molar-refractivity contribution is -0.141. The number of nitrogens with zero attached hydrogens (tertiary/aromatic N) is 3. The lowest BCUT2D eigenvalue weighted by Crippen LogP contribution is -2.51. The number of ether oxygens (including phenoxy) is 2. The molecule has 4 rings (SSSR count). The number of benzene rings is 1. The van der Waals surface area contributed by atoms with E-state index >= 15 is 0 Å². The monoisotopic (exact) mass is 429 g/mol. The summed E-state index contributed by atoms with van der Waals surface area (Å²) in [5.41, 5.74) is 0. The Morgan fingerprint density at radius 1 is 0.871 bits per heavy atom. The molecule has 0 aliphatic carbocycles. The van der Waals surface area contributed by atoms with E-state index in [4.69, 9.17) is 9.47 Å². The molecule has 0 radical (unpaired) electrons. The van der Waals surface area contributed by atoms with E-state index in [9.17, 15) is 9.59 Å². The van der Waals surface area contributed by atoms with Gasteiger partial charge in [0, 0.05) is 38.1 Å². The average molecular weight is 430 g/mol. The maximum absolute atomic E-state index is 12.7. The molecule has 2 amide bonds. The van der Waals surface area contributed by atoms with Crippen molar-refractivity contribution in [2.24, 2.45) is 5.92 Å². The van der Waals surface area contributed by atoms with Crippen LogP contribution >= 0.6 is 0 Å². The van der Waals surface area contributed by atoms with Gasteiger partial charge in [0.25, 0.3) is 0 Å². The summed E-state index contributed by atoms with van der Waals surface area (Å²) in [5.74, 6) is 1.48. The van der Waals surface area contributed by atoms with E-state index in [0.717, 1.165) is 70.7 Å². The average Bonchev–Trinajstić information content (AvgIpc) is 2.85. The van der Waals surface area contributed by atoms with Gasteiger partial charge in [0.15, 0.2) is 0 Å². The molecule has 3 heterocycles. The predicted octanol–water partition coefficient (Wildman–Crippen LogP) is 2.02.